The van der Waals surface area contributed by atoms with Crippen LogP contribution in [0.4, 0.5) is 8.78 Å². The van der Waals surface area contributed by atoms with Crippen LogP contribution < -0.4 is 0 Å². The standard InChI is InChI=1S/C13H14F2O2/c1-9(2)6-7-17-8-12(16)13-10(14)4-3-5-11(13)15/h3-5H,1,6-8H2,2H3. The molecule has 0 bridgehead atoms. The zero-order valence-corrected chi connectivity index (χ0v) is 9.63. The molecule has 0 unspecified atom stereocenters. The minimum absolute atomic E-state index is 0.317. The van der Waals surface area contributed by atoms with Crippen molar-refractivity contribution in [3.63, 3.8) is 0 Å². The van der Waals surface area contributed by atoms with Gasteiger partial charge in [0.25, 0.3) is 0 Å². The minimum atomic E-state index is -0.862. The number of carbonyl (C=O) groups excluding carboxylic acids is 1. The van der Waals surface area contributed by atoms with Gasteiger partial charge in [-0.1, -0.05) is 11.6 Å². The van der Waals surface area contributed by atoms with Crippen molar-refractivity contribution in [1.29, 1.82) is 0 Å². The highest BCUT2D eigenvalue weighted by molar-refractivity contribution is 5.97. The van der Waals surface area contributed by atoms with E-state index in [0.29, 0.717) is 13.0 Å². The Morgan fingerprint density at radius 1 is 1.35 bits per heavy atom. The van der Waals surface area contributed by atoms with Crippen LogP contribution in [0.2, 0.25) is 0 Å². The van der Waals surface area contributed by atoms with E-state index in [-0.39, 0.29) is 6.61 Å². The van der Waals surface area contributed by atoms with Gasteiger partial charge in [0.15, 0.2) is 5.78 Å². The molecule has 1 aromatic rings. The van der Waals surface area contributed by atoms with Crippen molar-refractivity contribution >= 4 is 5.78 Å². The molecule has 0 heterocycles. The van der Waals surface area contributed by atoms with Crippen molar-refractivity contribution in [1.82, 2.24) is 0 Å². The molecular weight excluding hydrogens is 226 g/mol. The number of rotatable bonds is 6. The number of carbonyl (C=O) groups is 1. The Morgan fingerprint density at radius 3 is 2.47 bits per heavy atom. The third kappa shape index (κ3) is 4.07. The van der Waals surface area contributed by atoms with Gasteiger partial charge in [-0.25, -0.2) is 8.78 Å². The molecule has 0 spiro atoms. The Bertz CT molecular complexity index is 407. The van der Waals surface area contributed by atoms with Crippen molar-refractivity contribution in [2.75, 3.05) is 13.2 Å². The molecule has 0 amide bonds. The van der Waals surface area contributed by atoms with Gasteiger partial charge < -0.3 is 4.74 Å². The summed E-state index contributed by atoms with van der Waals surface area (Å²) in [6.45, 7) is 5.50. The van der Waals surface area contributed by atoms with E-state index in [2.05, 4.69) is 6.58 Å². The highest BCUT2D eigenvalue weighted by atomic mass is 19.1. The summed E-state index contributed by atoms with van der Waals surface area (Å²) in [6.07, 6.45) is 0.618. The molecule has 0 aliphatic rings. The van der Waals surface area contributed by atoms with Gasteiger partial charge in [0, 0.05) is 0 Å². The second-order valence-corrected chi connectivity index (χ2v) is 3.78. The van der Waals surface area contributed by atoms with Gasteiger partial charge in [0.05, 0.1) is 12.2 Å². The van der Waals surface area contributed by atoms with E-state index >= 15 is 0 Å². The van der Waals surface area contributed by atoms with Crippen LogP contribution in [-0.2, 0) is 4.74 Å². The Hall–Kier alpha value is -1.55. The molecule has 0 aliphatic heterocycles. The van der Waals surface area contributed by atoms with Crippen molar-refractivity contribution in [3.05, 3.63) is 47.5 Å². The Kier molecular flexibility index (Phi) is 4.97. The summed E-state index contributed by atoms with van der Waals surface area (Å²) in [4.78, 5) is 11.5. The molecule has 1 rings (SSSR count). The van der Waals surface area contributed by atoms with Crippen LogP contribution in [0.1, 0.15) is 23.7 Å². The lowest BCUT2D eigenvalue weighted by atomic mass is 10.1. The largest absolute Gasteiger partial charge is 0.373 e. The summed E-state index contributed by atoms with van der Waals surface area (Å²) in [6, 6.07) is 3.30. The second kappa shape index (κ2) is 6.25. The molecule has 4 heteroatoms. The number of ketones is 1. The third-order valence-electron chi connectivity index (χ3n) is 2.15. The fourth-order valence-corrected chi connectivity index (χ4v) is 1.25. The van der Waals surface area contributed by atoms with Gasteiger partial charge in [0.2, 0.25) is 0 Å². The first kappa shape index (κ1) is 13.5. The smallest absolute Gasteiger partial charge is 0.194 e. The molecule has 0 aliphatic carbocycles. The molecule has 2 nitrogen and oxygen atoms in total. The summed E-state index contributed by atoms with van der Waals surface area (Å²) >= 11 is 0. The Morgan fingerprint density at radius 2 is 1.94 bits per heavy atom. The number of ether oxygens (including phenoxy) is 1. The number of halogens is 2. The van der Waals surface area contributed by atoms with Crippen molar-refractivity contribution < 1.29 is 18.3 Å². The van der Waals surface area contributed by atoms with E-state index in [1.807, 2.05) is 6.92 Å². The van der Waals surface area contributed by atoms with Crippen LogP contribution in [0.15, 0.2) is 30.4 Å². The van der Waals surface area contributed by atoms with Crippen LogP contribution in [0.25, 0.3) is 0 Å². The van der Waals surface area contributed by atoms with Crippen molar-refractivity contribution in [2.45, 2.75) is 13.3 Å². The predicted molar refractivity (Wildman–Crippen MR) is 60.9 cm³/mol. The number of benzene rings is 1. The van der Waals surface area contributed by atoms with E-state index in [4.69, 9.17) is 4.74 Å². The van der Waals surface area contributed by atoms with Gasteiger partial charge in [0.1, 0.15) is 18.2 Å². The summed E-state index contributed by atoms with van der Waals surface area (Å²) in [5.41, 5.74) is 0.386. The van der Waals surface area contributed by atoms with Gasteiger partial charge >= 0.3 is 0 Å². The monoisotopic (exact) mass is 240 g/mol. The first-order chi connectivity index (χ1) is 8.02. The van der Waals surface area contributed by atoms with E-state index in [1.54, 1.807) is 0 Å². The molecule has 0 radical (unpaired) electrons. The fourth-order valence-electron chi connectivity index (χ4n) is 1.25. The van der Waals surface area contributed by atoms with E-state index in [9.17, 15) is 13.6 Å². The summed E-state index contributed by atoms with van der Waals surface area (Å²) < 4.78 is 31.4. The van der Waals surface area contributed by atoms with Gasteiger partial charge in [-0.15, -0.1) is 6.58 Å². The quantitative estimate of drug-likeness (QED) is 0.434. The normalized spacial score (nSPS) is 10.3. The average Bonchev–Trinajstić information content (AvgIpc) is 2.24. The lowest BCUT2D eigenvalue weighted by Crippen LogP contribution is -2.13. The molecule has 92 valence electrons. The minimum Gasteiger partial charge on any atom is -0.373 e. The van der Waals surface area contributed by atoms with Crippen LogP contribution in [-0.4, -0.2) is 19.0 Å². The third-order valence-corrected chi connectivity index (χ3v) is 2.15. The van der Waals surface area contributed by atoms with Crippen LogP contribution >= 0.6 is 0 Å². The Labute approximate surface area is 98.9 Å². The topological polar surface area (TPSA) is 26.3 Å². The molecule has 17 heavy (non-hydrogen) atoms. The molecule has 0 N–H and O–H groups in total. The van der Waals surface area contributed by atoms with E-state index in [0.717, 1.165) is 17.7 Å². The molecular formula is C13H14F2O2. The SMILES string of the molecule is C=C(C)CCOCC(=O)c1c(F)cccc1F. The molecule has 0 atom stereocenters. The zero-order valence-electron chi connectivity index (χ0n) is 9.63. The highest BCUT2D eigenvalue weighted by Gasteiger charge is 2.16. The lowest BCUT2D eigenvalue weighted by molar-refractivity contribution is 0.0757. The predicted octanol–water partition coefficient (Wildman–Crippen LogP) is 3.13. The summed E-state index contributed by atoms with van der Waals surface area (Å²) in [7, 11) is 0. The van der Waals surface area contributed by atoms with Gasteiger partial charge in [-0.3, -0.25) is 4.79 Å². The van der Waals surface area contributed by atoms with Crippen molar-refractivity contribution in [2.24, 2.45) is 0 Å². The Balaban J connectivity index is 2.55. The molecule has 1 aromatic carbocycles. The first-order valence-electron chi connectivity index (χ1n) is 5.21. The van der Waals surface area contributed by atoms with E-state index in [1.165, 1.54) is 6.07 Å². The molecule has 0 aromatic heterocycles. The molecule has 0 saturated heterocycles. The molecule has 0 fully saturated rings. The summed E-state index contributed by atoms with van der Waals surface area (Å²) in [5, 5.41) is 0. The van der Waals surface area contributed by atoms with Crippen LogP contribution in [0.3, 0.4) is 0 Å². The maximum Gasteiger partial charge on any atom is 0.194 e. The first-order valence-corrected chi connectivity index (χ1v) is 5.21. The van der Waals surface area contributed by atoms with Crippen LogP contribution in [0.5, 0.6) is 0 Å². The number of hydrogen-bond acceptors (Lipinski definition) is 2. The van der Waals surface area contributed by atoms with Gasteiger partial charge in [-0.2, -0.15) is 0 Å². The summed E-state index contributed by atoms with van der Waals surface area (Å²) in [5.74, 6) is -2.42. The highest BCUT2D eigenvalue weighted by Crippen LogP contribution is 2.12. The average molecular weight is 240 g/mol. The van der Waals surface area contributed by atoms with E-state index < -0.39 is 23.0 Å². The molecule has 0 saturated carbocycles. The number of Topliss-reactive ketones (excluding diaryl/α,β-unsaturated/α-hetero) is 1. The van der Waals surface area contributed by atoms with Gasteiger partial charge in [-0.05, 0) is 25.5 Å². The second-order valence-electron chi connectivity index (χ2n) is 3.78. The fraction of sp³-hybridized carbons (Fsp3) is 0.308. The van der Waals surface area contributed by atoms with Crippen LogP contribution in [0, 0.1) is 11.6 Å². The lowest BCUT2D eigenvalue weighted by Gasteiger charge is -2.05. The number of hydrogen-bond donors (Lipinski definition) is 0. The van der Waals surface area contributed by atoms with Crippen molar-refractivity contribution in [3.8, 4) is 0 Å². The maximum absolute atomic E-state index is 13.2. The zero-order chi connectivity index (χ0) is 12.8. The maximum atomic E-state index is 13.2.